The third-order valence-corrected chi connectivity index (χ3v) is 3.64. The highest BCUT2D eigenvalue weighted by Gasteiger charge is 2.23. The summed E-state index contributed by atoms with van der Waals surface area (Å²) < 4.78 is 13.8. The van der Waals surface area contributed by atoms with Gasteiger partial charge >= 0.3 is 0 Å². The monoisotopic (exact) mass is 329 g/mol. The van der Waals surface area contributed by atoms with Gasteiger partial charge in [0, 0.05) is 31.2 Å². The van der Waals surface area contributed by atoms with Gasteiger partial charge in [-0.05, 0) is 38.6 Å². The van der Waals surface area contributed by atoms with Crippen LogP contribution in [0.25, 0.3) is 0 Å². The summed E-state index contributed by atoms with van der Waals surface area (Å²) in [4.78, 5) is 25.4. The van der Waals surface area contributed by atoms with Crippen LogP contribution in [0, 0.1) is 5.82 Å². The molecule has 1 heterocycles. The first-order chi connectivity index (χ1) is 10.0. The van der Waals surface area contributed by atoms with Gasteiger partial charge in [0.25, 0.3) is 5.91 Å². The van der Waals surface area contributed by atoms with E-state index in [1.54, 1.807) is 11.9 Å². The number of rotatable bonds is 5. The molecule has 1 fully saturated rings. The highest BCUT2D eigenvalue weighted by molar-refractivity contribution is 5.99. The Labute approximate surface area is 135 Å². The molecule has 2 rings (SSSR count). The van der Waals surface area contributed by atoms with Gasteiger partial charge in [-0.3, -0.25) is 9.59 Å². The molecule has 22 heavy (non-hydrogen) atoms. The highest BCUT2D eigenvalue weighted by Crippen LogP contribution is 2.23. The van der Waals surface area contributed by atoms with Crippen LogP contribution in [0.1, 0.15) is 30.1 Å². The lowest BCUT2D eigenvalue weighted by Gasteiger charge is -2.17. The Morgan fingerprint density at radius 1 is 1.45 bits per heavy atom. The SMILES string of the molecule is CNC(C)CNC(=O)c1cc(N2CCCC2=O)ccc1F.Cl. The number of likely N-dealkylation sites (N-methyl/N-ethyl adjacent to an activating group) is 1. The van der Waals surface area contributed by atoms with Gasteiger partial charge < -0.3 is 15.5 Å². The Morgan fingerprint density at radius 3 is 2.77 bits per heavy atom. The first-order valence-electron chi connectivity index (χ1n) is 7.08. The summed E-state index contributed by atoms with van der Waals surface area (Å²) in [5.74, 6) is -1.04. The molecule has 0 aliphatic carbocycles. The number of carbonyl (C=O) groups excluding carboxylic acids is 2. The average molecular weight is 330 g/mol. The van der Waals surface area contributed by atoms with Crippen molar-refractivity contribution in [1.82, 2.24) is 10.6 Å². The van der Waals surface area contributed by atoms with E-state index in [9.17, 15) is 14.0 Å². The molecular weight excluding hydrogens is 309 g/mol. The average Bonchev–Trinajstić information content (AvgIpc) is 2.91. The highest BCUT2D eigenvalue weighted by atomic mass is 35.5. The van der Waals surface area contributed by atoms with Crippen LogP contribution in [0.2, 0.25) is 0 Å². The molecule has 2 amide bonds. The van der Waals surface area contributed by atoms with Crippen molar-refractivity contribution in [3.63, 3.8) is 0 Å². The first kappa shape index (κ1) is 18.4. The Balaban J connectivity index is 0.00000242. The lowest BCUT2D eigenvalue weighted by atomic mass is 10.1. The third-order valence-electron chi connectivity index (χ3n) is 3.64. The summed E-state index contributed by atoms with van der Waals surface area (Å²) in [6.07, 6.45) is 1.29. The van der Waals surface area contributed by atoms with E-state index in [1.807, 2.05) is 6.92 Å². The molecule has 1 aliphatic rings. The van der Waals surface area contributed by atoms with Crippen LogP contribution in [0.5, 0.6) is 0 Å². The summed E-state index contributed by atoms with van der Waals surface area (Å²) in [5.41, 5.74) is 0.543. The third kappa shape index (κ3) is 4.18. The van der Waals surface area contributed by atoms with Crippen molar-refractivity contribution >= 4 is 29.9 Å². The van der Waals surface area contributed by atoms with Crippen LogP contribution in [0.3, 0.4) is 0 Å². The zero-order chi connectivity index (χ0) is 15.4. The van der Waals surface area contributed by atoms with E-state index in [0.29, 0.717) is 25.2 Å². The van der Waals surface area contributed by atoms with Crippen molar-refractivity contribution in [2.45, 2.75) is 25.8 Å². The van der Waals surface area contributed by atoms with Crippen LogP contribution in [0.4, 0.5) is 10.1 Å². The maximum atomic E-state index is 13.8. The van der Waals surface area contributed by atoms with E-state index in [4.69, 9.17) is 0 Å². The predicted octanol–water partition coefficient (Wildman–Crippen LogP) is 1.71. The second-order valence-electron chi connectivity index (χ2n) is 5.21. The Kier molecular flexibility index (Phi) is 6.77. The van der Waals surface area contributed by atoms with E-state index in [1.165, 1.54) is 18.2 Å². The van der Waals surface area contributed by atoms with Crippen molar-refractivity contribution in [1.29, 1.82) is 0 Å². The number of nitrogens with zero attached hydrogens (tertiary/aromatic N) is 1. The summed E-state index contributed by atoms with van der Waals surface area (Å²) in [6, 6.07) is 4.31. The standard InChI is InChI=1S/C15H20FN3O2.ClH/c1-10(17-2)9-18-15(21)12-8-11(5-6-13(12)16)19-7-3-4-14(19)20;/h5-6,8,10,17H,3-4,7,9H2,1-2H3,(H,18,21);1H. The number of hydrogen-bond acceptors (Lipinski definition) is 3. The van der Waals surface area contributed by atoms with Crippen LogP contribution >= 0.6 is 12.4 Å². The van der Waals surface area contributed by atoms with Crippen LogP contribution in [0.15, 0.2) is 18.2 Å². The molecule has 0 spiro atoms. The molecule has 0 radical (unpaired) electrons. The molecule has 1 aromatic rings. The van der Waals surface area contributed by atoms with Crippen molar-refractivity contribution < 1.29 is 14.0 Å². The largest absolute Gasteiger partial charge is 0.350 e. The molecule has 0 aromatic heterocycles. The molecule has 122 valence electrons. The minimum Gasteiger partial charge on any atom is -0.350 e. The van der Waals surface area contributed by atoms with Gasteiger partial charge in [-0.2, -0.15) is 0 Å². The van der Waals surface area contributed by atoms with Gasteiger partial charge in [-0.25, -0.2) is 4.39 Å². The molecule has 2 N–H and O–H groups in total. The molecule has 1 aliphatic heterocycles. The van der Waals surface area contributed by atoms with Gasteiger partial charge in [-0.1, -0.05) is 0 Å². The molecule has 5 nitrogen and oxygen atoms in total. The van der Waals surface area contributed by atoms with Crippen LogP contribution < -0.4 is 15.5 Å². The van der Waals surface area contributed by atoms with Gasteiger partial charge in [0.2, 0.25) is 5.91 Å². The summed E-state index contributed by atoms with van der Waals surface area (Å²) in [7, 11) is 1.79. The Hall–Kier alpha value is -1.66. The normalized spacial score (nSPS) is 15.4. The number of anilines is 1. The fourth-order valence-corrected chi connectivity index (χ4v) is 2.22. The second-order valence-corrected chi connectivity index (χ2v) is 5.21. The quantitative estimate of drug-likeness (QED) is 0.864. The first-order valence-corrected chi connectivity index (χ1v) is 7.08. The minimum atomic E-state index is -0.583. The Morgan fingerprint density at radius 2 is 2.18 bits per heavy atom. The number of carbonyl (C=O) groups is 2. The van der Waals surface area contributed by atoms with Crippen LogP contribution in [-0.4, -0.2) is 38.0 Å². The van der Waals surface area contributed by atoms with Crippen molar-refractivity contribution in [3.8, 4) is 0 Å². The van der Waals surface area contributed by atoms with E-state index < -0.39 is 11.7 Å². The molecule has 1 unspecified atom stereocenters. The molecule has 1 aromatic carbocycles. The Bertz CT molecular complexity index is 554. The van der Waals surface area contributed by atoms with E-state index in [0.717, 1.165) is 6.42 Å². The number of benzene rings is 1. The second kappa shape index (κ2) is 8.10. The molecule has 1 saturated heterocycles. The lowest BCUT2D eigenvalue weighted by molar-refractivity contribution is -0.117. The number of nitrogens with one attached hydrogen (secondary N) is 2. The van der Waals surface area contributed by atoms with Crippen LogP contribution in [-0.2, 0) is 4.79 Å². The number of amides is 2. The van der Waals surface area contributed by atoms with Crippen molar-refractivity contribution in [2.24, 2.45) is 0 Å². The molecule has 0 saturated carbocycles. The molecule has 1 atom stereocenters. The topological polar surface area (TPSA) is 61.4 Å². The lowest BCUT2D eigenvalue weighted by Crippen LogP contribution is -2.37. The fourth-order valence-electron chi connectivity index (χ4n) is 2.22. The van der Waals surface area contributed by atoms with E-state index in [2.05, 4.69) is 10.6 Å². The predicted molar refractivity (Wildman–Crippen MR) is 86.1 cm³/mol. The number of hydrogen-bond donors (Lipinski definition) is 2. The summed E-state index contributed by atoms with van der Waals surface area (Å²) in [6.45, 7) is 2.93. The van der Waals surface area contributed by atoms with Gasteiger partial charge in [0.15, 0.2) is 0 Å². The zero-order valence-electron chi connectivity index (χ0n) is 12.7. The van der Waals surface area contributed by atoms with E-state index >= 15 is 0 Å². The molecule has 0 bridgehead atoms. The zero-order valence-corrected chi connectivity index (χ0v) is 13.5. The van der Waals surface area contributed by atoms with Crippen molar-refractivity contribution in [2.75, 3.05) is 25.0 Å². The molecular formula is C15H21ClFN3O2. The maximum absolute atomic E-state index is 13.8. The smallest absolute Gasteiger partial charge is 0.254 e. The minimum absolute atomic E-state index is 0. The fraction of sp³-hybridized carbons (Fsp3) is 0.467. The van der Waals surface area contributed by atoms with Gasteiger partial charge in [0.1, 0.15) is 5.82 Å². The van der Waals surface area contributed by atoms with Gasteiger partial charge in [-0.15, -0.1) is 12.4 Å². The van der Waals surface area contributed by atoms with Gasteiger partial charge in [0.05, 0.1) is 5.56 Å². The molecule has 7 heteroatoms. The summed E-state index contributed by atoms with van der Waals surface area (Å²) >= 11 is 0. The number of halogens is 2. The summed E-state index contributed by atoms with van der Waals surface area (Å²) in [5, 5.41) is 5.66. The maximum Gasteiger partial charge on any atom is 0.254 e. The van der Waals surface area contributed by atoms with Crippen molar-refractivity contribution in [3.05, 3.63) is 29.6 Å². The van der Waals surface area contributed by atoms with E-state index in [-0.39, 0.29) is 29.9 Å².